The molecule has 1 rings (SSSR count). The zero-order valence-electron chi connectivity index (χ0n) is 10.4. The van der Waals surface area contributed by atoms with Gasteiger partial charge in [0.15, 0.2) is 11.6 Å². The lowest BCUT2D eigenvalue weighted by molar-refractivity contribution is -0.119. The number of rotatable bonds is 5. The van der Waals surface area contributed by atoms with Gasteiger partial charge in [0.1, 0.15) is 12.9 Å². The standard InChI is InChI=1S/C10H15F3N4O/c1-4-17(5-10(11,12)13)9-7(18-3)8(14-2)15-6-16-9/h6H,4-5H2,1-3H3,(H,14,15,16). The summed E-state index contributed by atoms with van der Waals surface area (Å²) in [5.74, 6) is 0.672. The van der Waals surface area contributed by atoms with Crippen molar-refractivity contribution >= 4 is 11.6 Å². The van der Waals surface area contributed by atoms with Gasteiger partial charge in [-0.15, -0.1) is 0 Å². The van der Waals surface area contributed by atoms with Crippen molar-refractivity contribution in [1.82, 2.24) is 9.97 Å². The van der Waals surface area contributed by atoms with E-state index in [9.17, 15) is 13.2 Å². The largest absolute Gasteiger partial charge is 0.490 e. The Balaban J connectivity index is 3.12. The Hall–Kier alpha value is -1.73. The molecule has 0 aromatic carbocycles. The number of nitrogens with one attached hydrogen (secondary N) is 1. The molecule has 0 atom stereocenters. The molecule has 0 aliphatic rings. The summed E-state index contributed by atoms with van der Waals surface area (Å²) in [7, 11) is 2.97. The zero-order valence-corrected chi connectivity index (χ0v) is 10.4. The summed E-state index contributed by atoms with van der Waals surface area (Å²) in [5, 5.41) is 2.74. The molecule has 0 bridgehead atoms. The van der Waals surface area contributed by atoms with Crippen LogP contribution in [0.15, 0.2) is 6.33 Å². The van der Waals surface area contributed by atoms with Crippen molar-refractivity contribution in [3.8, 4) is 5.75 Å². The van der Waals surface area contributed by atoms with Crippen LogP contribution in [0.3, 0.4) is 0 Å². The van der Waals surface area contributed by atoms with Gasteiger partial charge in [0, 0.05) is 13.6 Å². The maximum atomic E-state index is 12.5. The van der Waals surface area contributed by atoms with E-state index in [1.165, 1.54) is 13.4 Å². The van der Waals surface area contributed by atoms with E-state index in [1.807, 2.05) is 0 Å². The lowest BCUT2D eigenvalue weighted by Gasteiger charge is -2.25. The predicted molar refractivity (Wildman–Crippen MR) is 62.1 cm³/mol. The highest BCUT2D eigenvalue weighted by Crippen LogP contribution is 2.32. The highest BCUT2D eigenvalue weighted by atomic mass is 19.4. The molecule has 0 fully saturated rings. The molecule has 0 saturated heterocycles. The fraction of sp³-hybridized carbons (Fsp3) is 0.600. The topological polar surface area (TPSA) is 50.3 Å². The Labute approximate surface area is 103 Å². The van der Waals surface area contributed by atoms with Gasteiger partial charge in [-0.3, -0.25) is 0 Å². The maximum absolute atomic E-state index is 12.5. The number of nitrogens with zero attached hydrogens (tertiary/aromatic N) is 3. The number of ether oxygens (including phenoxy) is 1. The summed E-state index contributed by atoms with van der Waals surface area (Å²) in [6.07, 6.45) is -3.10. The first-order valence-corrected chi connectivity index (χ1v) is 5.31. The van der Waals surface area contributed by atoms with Crippen LogP contribution in [-0.2, 0) is 0 Å². The van der Waals surface area contributed by atoms with Crippen LogP contribution in [0.25, 0.3) is 0 Å². The summed E-state index contributed by atoms with van der Waals surface area (Å²) >= 11 is 0. The van der Waals surface area contributed by atoms with Gasteiger partial charge in [0.2, 0.25) is 5.75 Å². The van der Waals surface area contributed by atoms with Crippen molar-refractivity contribution in [1.29, 1.82) is 0 Å². The zero-order chi connectivity index (χ0) is 13.8. The predicted octanol–water partition coefficient (Wildman–Crippen LogP) is 1.92. The molecule has 1 N–H and O–H groups in total. The van der Waals surface area contributed by atoms with Gasteiger partial charge in [-0.1, -0.05) is 0 Å². The van der Waals surface area contributed by atoms with Gasteiger partial charge in [0.25, 0.3) is 0 Å². The Bertz CT molecular complexity index is 397. The summed E-state index contributed by atoms with van der Waals surface area (Å²) in [6, 6.07) is 0. The van der Waals surface area contributed by atoms with Gasteiger partial charge < -0.3 is 15.0 Å². The minimum absolute atomic E-state index is 0.122. The van der Waals surface area contributed by atoms with Gasteiger partial charge in [-0.05, 0) is 6.92 Å². The number of alkyl halides is 3. The van der Waals surface area contributed by atoms with Gasteiger partial charge in [-0.2, -0.15) is 13.2 Å². The monoisotopic (exact) mass is 264 g/mol. The minimum atomic E-state index is -4.30. The highest BCUT2D eigenvalue weighted by molar-refractivity contribution is 5.64. The lowest BCUT2D eigenvalue weighted by Crippen LogP contribution is -2.35. The van der Waals surface area contributed by atoms with Crippen LogP contribution in [0.1, 0.15) is 6.92 Å². The molecule has 0 aliphatic carbocycles. The first-order chi connectivity index (χ1) is 8.42. The Morgan fingerprint density at radius 2 is 2.06 bits per heavy atom. The lowest BCUT2D eigenvalue weighted by atomic mass is 10.4. The van der Waals surface area contributed by atoms with Crippen LogP contribution >= 0.6 is 0 Å². The highest BCUT2D eigenvalue weighted by Gasteiger charge is 2.32. The van der Waals surface area contributed by atoms with Gasteiger partial charge in [0.05, 0.1) is 7.11 Å². The van der Waals surface area contributed by atoms with Gasteiger partial charge >= 0.3 is 6.18 Å². The molecule has 1 heterocycles. The fourth-order valence-corrected chi connectivity index (χ4v) is 1.51. The van der Waals surface area contributed by atoms with E-state index in [0.29, 0.717) is 5.82 Å². The average molecular weight is 264 g/mol. The molecule has 0 spiro atoms. The second kappa shape index (κ2) is 5.74. The van der Waals surface area contributed by atoms with E-state index in [-0.39, 0.29) is 18.1 Å². The second-order valence-corrected chi connectivity index (χ2v) is 3.46. The van der Waals surface area contributed by atoms with Crippen molar-refractivity contribution in [2.45, 2.75) is 13.1 Å². The molecule has 1 aromatic heterocycles. The third-order valence-electron chi connectivity index (χ3n) is 2.28. The third kappa shape index (κ3) is 3.38. The Morgan fingerprint density at radius 3 is 2.50 bits per heavy atom. The smallest absolute Gasteiger partial charge is 0.405 e. The van der Waals surface area contributed by atoms with Crippen molar-refractivity contribution in [3.63, 3.8) is 0 Å². The number of methoxy groups -OCH3 is 1. The normalized spacial score (nSPS) is 11.2. The number of hydrogen-bond acceptors (Lipinski definition) is 5. The van der Waals surface area contributed by atoms with E-state index < -0.39 is 12.7 Å². The van der Waals surface area contributed by atoms with Crippen LogP contribution < -0.4 is 15.0 Å². The second-order valence-electron chi connectivity index (χ2n) is 3.46. The SMILES string of the molecule is CCN(CC(F)(F)F)c1ncnc(NC)c1OC. The van der Waals surface area contributed by atoms with Crippen molar-refractivity contribution in [2.75, 3.05) is 37.5 Å². The van der Waals surface area contributed by atoms with Crippen LogP contribution in [0, 0.1) is 0 Å². The maximum Gasteiger partial charge on any atom is 0.405 e. The number of hydrogen-bond donors (Lipinski definition) is 1. The summed E-state index contributed by atoms with van der Waals surface area (Å²) in [4.78, 5) is 8.83. The molecular formula is C10H15F3N4O. The van der Waals surface area contributed by atoms with E-state index in [1.54, 1.807) is 14.0 Å². The molecular weight excluding hydrogens is 249 g/mol. The molecule has 8 heteroatoms. The molecule has 0 amide bonds. The number of halogens is 3. The molecule has 1 aromatic rings. The molecule has 18 heavy (non-hydrogen) atoms. The van der Waals surface area contributed by atoms with Crippen LogP contribution in [-0.4, -0.2) is 43.4 Å². The minimum Gasteiger partial charge on any atom is -0.490 e. The van der Waals surface area contributed by atoms with E-state index in [4.69, 9.17) is 4.74 Å². The van der Waals surface area contributed by atoms with E-state index >= 15 is 0 Å². The number of aromatic nitrogens is 2. The first kappa shape index (κ1) is 14.3. The van der Waals surface area contributed by atoms with Gasteiger partial charge in [-0.25, -0.2) is 9.97 Å². The summed E-state index contributed by atoms with van der Waals surface area (Å²) in [5.41, 5.74) is 0. The quantitative estimate of drug-likeness (QED) is 0.880. The molecule has 5 nitrogen and oxygen atoms in total. The fourth-order valence-electron chi connectivity index (χ4n) is 1.51. The third-order valence-corrected chi connectivity index (χ3v) is 2.28. The number of anilines is 2. The van der Waals surface area contributed by atoms with Crippen molar-refractivity contribution in [2.24, 2.45) is 0 Å². The summed E-state index contributed by atoms with van der Waals surface area (Å²) < 4.78 is 42.4. The van der Waals surface area contributed by atoms with Crippen LogP contribution in [0.4, 0.5) is 24.8 Å². The molecule has 0 aliphatic heterocycles. The van der Waals surface area contributed by atoms with Crippen LogP contribution in [0.5, 0.6) is 5.75 Å². The molecule has 0 radical (unpaired) electrons. The Kier molecular flexibility index (Phi) is 4.57. The summed E-state index contributed by atoms with van der Waals surface area (Å²) in [6.45, 7) is 0.697. The Morgan fingerprint density at radius 1 is 1.39 bits per heavy atom. The van der Waals surface area contributed by atoms with Crippen LogP contribution in [0.2, 0.25) is 0 Å². The van der Waals surface area contributed by atoms with Crippen molar-refractivity contribution in [3.05, 3.63) is 6.33 Å². The van der Waals surface area contributed by atoms with E-state index in [2.05, 4.69) is 15.3 Å². The average Bonchev–Trinajstić information content (AvgIpc) is 2.33. The molecule has 0 unspecified atom stereocenters. The van der Waals surface area contributed by atoms with E-state index in [0.717, 1.165) is 4.90 Å². The first-order valence-electron chi connectivity index (χ1n) is 5.31. The molecule has 102 valence electrons. The molecule has 0 saturated carbocycles. The van der Waals surface area contributed by atoms with Crippen molar-refractivity contribution < 1.29 is 17.9 Å².